The molecule has 0 N–H and O–H groups in total. The van der Waals surface area contributed by atoms with Crippen LogP contribution >= 0.6 is 0 Å². The molecule has 0 saturated carbocycles. The van der Waals surface area contributed by atoms with Crippen molar-refractivity contribution in [2.45, 2.75) is 0 Å². The average Bonchev–Trinajstić information content (AvgIpc) is 2.16. The van der Waals surface area contributed by atoms with E-state index in [1.807, 2.05) is 0 Å². The Balaban J connectivity index is 3.40. The summed E-state index contributed by atoms with van der Waals surface area (Å²) in [5, 5.41) is 2.61. The molecule has 4 heteroatoms. The van der Waals surface area contributed by atoms with Gasteiger partial charge in [-0.25, -0.2) is 0 Å². The summed E-state index contributed by atoms with van der Waals surface area (Å²) in [6.45, 7) is 0. The molecule has 0 heterocycles. The van der Waals surface area contributed by atoms with Gasteiger partial charge < -0.3 is 0 Å². The number of hydrogen-bond acceptors (Lipinski definition) is 4. The van der Waals surface area contributed by atoms with Crippen molar-refractivity contribution in [1.29, 1.82) is 0 Å². The minimum Gasteiger partial charge on any atom is -0.298 e. The second kappa shape index (κ2) is 3.52. The van der Waals surface area contributed by atoms with E-state index >= 15 is 0 Å². The lowest BCUT2D eigenvalue weighted by Gasteiger charge is -1.96. The van der Waals surface area contributed by atoms with Crippen molar-refractivity contribution < 1.29 is 9.59 Å². The maximum absolute atomic E-state index is 10.4. The Morgan fingerprint density at radius 3 is 2.42 bits per heavy atom. The van der Waals surface area contributed by atoms with Gasteiger partial charge in [0.15, 0.2) is 12.6 Å². The Bertz CT molecular complexity index is 307. The number of nitrogens with zero attached hydrogens (tertiary/aromatic N) is 1. The molecule has 0 bridgehead atoms. The maximum atomic E-state index is 10.4. The zero-order valence-corrected chi connectivity index (χ0v) is 6.06. The van der Waals surface area contributed by atoms with Crippen molar-refractivity contribution in [3.8, 4) is 0 Å². The van der Waals surface area contributed by atoms with Crippen LogP contribution in [0.3, 0.4) is 0 Å². The molecule has 0 spiro atoms. The summed E-state index contributed by atoms with van der Waals surface area (Å²) < 4.78 is 0. The highest BCUT2D eigenvalue weighted by atomic mass is 16.3. The molecule has 12 heavy (non-hydrogen) atoms. The standard InChI is InChI=1S/C8H5NO3/c10-4-6-2-1-3-8(9-12)7(6)5-11/h1-5H. The Kier molecular flexibility index (Phi) is 2.42. The van der Waals surface area contributed by atoms with Crippen molar-refractivity contribution in [3.05, 3.63) is 34.2 Å². The van der Waals surface area contributed by atoms with Gasteiger partial charge in [-0.2, -0.15) is 0 Å². The van der Waals surface area contributed by atoms with Gasteiger partial charge in [-0.05, 0) is 11.2 Å². The Morgan fingerprint density at radius 1 is 1.17 bits per heavy atom. The number of hydrogen-bond donors (Lipinski definition) is 0. The van der Waals surface area contributed by atoms with Crippen molar-refractivity contribution in [2.24, 2.45) is 5.18 Å². The lowest BCUT2D eigenvalue weighted by molar-refractivity contribution is 0.109. The van der Waals surface area contributed by atoms with Crippen molar-refractivity contribution in [1.82, 2.24) is 0 Å². The first kappa shape index (κ1) is 8.26. The first-order chi connectivity index (χ1) is 5.83. The summed E-state index contributed by atoms with van der Waals surface area (Å²) in [6.07, 6.45) is 0.957. The summed E-state index contributed by atoms with van der Waals surface area (Å²) in [6, 6.07) is 4.32. The summed E-state index contributed by atoms with van der Waals surface area (Å²) in [7, 11) is 0. The summed E-state index contributed by atoms with van der Waals surface area (Å²) >= 11 is 0. The van der Waals surface area contributed by atoms with Crippen LogP contribution in [0.15, 0.2) is 23.4 Å². The molecule has 0 aliphatic carbocycles. The highest BCUT2D eigenvalue weighted by Gasteiger charge is 2.06. The molecule has 1 rings (SSSR count). The van der Waals surface area contributed by atoms with E-state index < -0.39 is 0 Å². The molecule has 0 unspecified atom stereocenters. The predicted molar refractivity (Wildman–Crippen MR) is 42.7 cm³/mol. The highest BCUT2D eigenvalue weighted by molar-refractivity contribution is 5.95. The number of nitroso groups, excluding NO2 is 1. The fraction of sp³-hybridized carbons (Fsp3) is 0. The third kappa shape index (κ3) is 1.27. The molecule has 0 atom stereocenters. The first-order valence-corrected chi connectivity index (χ1v) is 3.20. The number of benzene rings is 1. The molecule has 1 aromatic rings. The molecule has 0 aliphatic rings. The lowest BCUT2D eigenvalue weighted by atomic mass is 10.1. The zero-order chi connectivity index (χ0) is 8.97. The molecular formula is C8H5NO3. The van der Waals surface area contributed by atoms with Gasteiger partial charge in [0.2, 0.25) is 0 Å². The maximum Gasteiger partial charge on any atom is 0.153 e. The van der Waals surface area contributed by atoms with Gasteiger partial charge in [0.05, 0.1) is 5.56 Å². The summed E-state index contributed by atoms with van der Waals surface area (Å²) in [5.74, 6) is 0. The van der Waals surface area contributed by atoms with Crippen LogP contribution in [0, 0.1) is 4.91 Å². The number of aldehydes is 2. The van der Waals surface area contributed by atoms with Crippen LogP contribution in [-0.2, 0) is 0 Å². The molecule has 1 aromatic carbocycles. The van der Waals surface area contributed by atoms with E-state index in [1.54, 1.807) is 0 Å². The fourth-order valence-corrected chi connectivity index (χ4v) is 0.881. The lowest BCUT2D eigenvalue weighted by Crippen LogP contribution is -1.89. The van der Waals surface area contributed by atoms with Gasteiger partial charge >= 0.3 is 0 Å². The van der Waals surface area contributed by atoms with Gasteiger partial charge in [0, 0.05) is 5.56 Å². The molecule has 60 valence electrons. The van der Waals surface area contributed by atoms with E-state index in [0.29, 0.717) is 12.6 Å². The molecule has 0 amide bonds. The average molecular weight is 163 g/mol. The van der Waals surface area contributed by atoms with E-state index in [4.69, 9.17) is 0 Å². The molecule has 0 saturated heterocycles. The molecule has 0 aliphatic heterocycles. The minimum absolute atomic E-state index is 0.00500. The predicted octanol–water partition coefficient (Wildman–Crippen LogP) is 1.71. The van der Waals surface area contributed by atoms with Crippen molar-refractivity contribution in [2.75, 3.05) is 0 Å². The summed E-state index contributed by atoms with van der Waals surface area (Å²) in [5.41, 5.74) is 0.221. The topological polar surface area (TPSA) is 63.6 Å². The SMILES string of the molecule is O=Cc1cccc(N=O)c1C=O. The van der Waals surface area contributed by atoms with Gasteiger partial charge in [-0.1, -0.05) is 12.1 Å². The van der Waals surface area contributed by atoms with Gasteiger partial charge in [0.1, 0.15) is 5.69 Å². The number of carbonyl (C=O) groups excluding carboxylic acids is 2. The Labute approximate surface area is 68.2 Å². The van der Waals surface area contributed by atoms with Crippen LogP contribution in [-0.4, -0.2) is 12.6 Å². The Morgan fingerprint density at radius 2 is 1.92 bits per heavy atom. The van der Waals surface area contributed by atoms with Crippen molar-refractivity contribution >= 4 is 18.3 Å². The van der Waals surface area contributed by atoms with E-state index in [2.05, 4.69) is 5.18 Å². The van der Waals surface area contributed by atoms with Crippen LogP contribution in [0.2, 0.25) is 0 Å². The smallest absolute Gasteiger partial charge is 0.153 e. The molecule has 0 radical (unpaired) electrons. The summed E-state index contributed by atoms with van der Waals surface area (Å²) in [4.78, 5) is 30.9. The van der Waals surface area contributed by atoms with Crippen LogP contribution in [0.4, 0.5) is 5.69 Å². The second-order valence-electron chi connectivity index (χ2n) is 2.11. The zero-order valence-electron chi connectivity index (χ0n) is 6.06. The second-order valence-corrected chi connectivity index (χ2v) is 2.11. The molecule has 4 nitrogen and oxygen atoms in total. The van der Waals surface area contributed by atoms with E-state index in [1.165, 1.54) is 18.2 Å². The van der Waals surface area contributed by atoms with E-state index in [-0.39, 0.29) is 16.8 Å². The first-order valence-electron chi connectivity index (χ1n) is 3.20. The Hall–Kier alpha value is -1.84. The number of rotatable bonds is 3. The van der Waals surface area contributed by atoms with Gasteiger partial charge in [-0.3, -0.25) is 9.59 Å². The van der Waals surface area contributed by atoms with Crippen LogP contribution in [0.1, 0.15) is 20.7 Å². The van der Waals surface area contributed by atoms with Crippen LogP contribution in [0.25, 0.3) is 0 Å². The van der Waals surface area contributed by atoms with Gasteiger partial charge in [0.25, 0.3) is 0 Å². The number of carbonyl (C=O) groups is 2. The van der Waals surface area contributed by atoms with E-state index in [9.17, 15) is 14.5 Å². The molecule has 0 fully saturated rings. The van der Waals surface area contributed by atoms with Crippen LogP contribution < -0.4 is 0 Å². The fourth-order valence-electron chi connectivity index (χ4n) is 0.881. The highest BCUT2D eigenvalue weighted by Crippen LogP contribution is 2.19. The van der Waals surface area contributed by atoms with Crippen molar-refractivity contribution in [3.63, 3.8) is 0 Å². The van der Waals surface area contributed by atoms with Gasteiger partial charge in [-0.15, -0.1) is 4.91 Å². The largest absolute Gasteiger partial charge is 0.298 e. The van der Waals surface area contributed by atoms with Crippen LogP contribution in [0.5, 0.6) is 0 Å². The third-order valence-corrected chi connectivity index (χ3v) is 1.46. The third-order valence-electron chi connectivity index (χ3n) is 1.46. The normalized spacial score (nSPS) is 9.00. The quantitative estimate of drug-likeness (QED) is 0.503. The van der Waals surface area contributed by atoms with E-state index in [0.717, 1.165) is 0 Å². The molecular weight excluding hydrogens is 158 g/mol. The minimum atomic E-state index is -0.00500. The monoisotopic (exact) mass is 163 g/mol. The molecule has 0 aromatic heterocycles.